The van der Waals surface area contributed by atoms with E-state index in [4.69, 9.17) is 16.3 Å². The summed E-state index contributed by atoms with van der Waals surface area (Å²) in [6.07, 6.45) is 0.658. The molecule has 3 aliphatic rings. The normalized spacial score (nSPS) is 33.8. The van der Waals surface area contributed by atoms with Gasteiger partial charge in [0.25, 0.3) is 0 Å². The van der Waals surface area contributed by atoms with E-state index in [1.54, 1.807) is 31.2 Å². The van der Waals surface area contributed by atoms with Crippen LogP contribution in [0.2, 0.25) is 5.02 Å². The Labute approximate surface area is 200 Å². The van der Waals surface area contributed by atoms with E-state index in [1.807, 2.05) is 6.92 Å². The van der Waals surface area contributed by atoms with Crippen molar-refractivity contribution < 1.29 is 24.2 Å². The first-order valence-electron chi connectivity index (χ1n) is 10.8. The number of likely N-dealkylation sites (tertiary alicyclic amines) is 1. The molecule has 3 unspecified atom stereocenters. The fourth-order valence-electron chi connectivity index (χ4n) is 5.36. The summed E-state index contributed by atoms with van der Waals surface area (Å²) in [4.78, 5) is 41.5. The molecule has 1 aromatic rings. The summed E-state index contributed by atoms with van der Waals surface area (Å²) in [6.45, 7) is 3.80. The number of para-hydroxylation sites is 1. The van der Waals surface area contributed by atoms with Crippen molar-refractivity contribution in [3.8, 4) is 0 Å². The number of amides is 3. The smallest absolute Gasteiger partial charge is 0.250 e. The van der Waals surface area contributed by atoms with Crippen molar-refractivity contribution >= 4 is 50.9 Å². The van der Waals surface area contributed by atoms with Crippen LogP contribution < -0.4 is 10.6 Å². The second-order valence-electron chi connectivity index (χ2n) is 8.70. The van der Waals surface area contributed by atoms with Gasteiger partial charge in [-0.05, 0) is 31.9 Å². The van der Waals surface area contributed by atoms with Crippen molar-refractivity contribution in [3.63, 3.8) is 0 Å². The van der Waals surface area contributed by atoms with Gasteiger partial charge in [0.05, 0.1) is 41.3 Å². The average Bonchev–Trinajstić information content (AvgIpc) is 3.36. The number of benzene rings is 1. The van der Waals surface area contributed by atoms with Crippen LogP contribution in [0.5, 0.6) is 0 Å². The SMILES string of the molecule is CCCNC(=O)[C@H]1[C@@H]2OC3(CC2Br)C(C(=O)Nc2ccccc2Cl)N([C@H](C)CO)C(=O)[C@H]13. The highest BCUT2D eigenvalue weighted by Gasteiger charge is 2.76. The van der Waals surface area contributed by atoms with Crippen LogP contribution >= 0.6 is 27.5 Å². The summed E-state index contributed by atoms with van der Waals surface area (Å²) in [5.41, 5.74) is -0.748. The minimum absolute atomic E-state index is 0.177. The van der Waals surface area contributed by atoms with Gasteiger partial charge in [-0.1, -0.05) is 46.6 Å². The van der Waals surface area contributed by atoms with Crippen molar-refractivity contribution in [1.82, 2.24) is 10.2 Å². The maximum atomic E-state index is 13.6. The predicted octanol–water partition coefficient (Wildman–Crippen LogP) is 1.93. The van der Waals surface area contributed by atoms with Crippen LogP contribution in [-0.2, 0) is 19.1 Å². The molecule has 3 saturated heterocycles. The molecule has 2 bridgehead atoms. The van der Waals surface area contributed by atoms with Crippen LogP contribution in [-0.4, -0.2) is 69.5 Å². The summed E-state index contributed by atoms with van der Waals surface area (Å²) in [6, 6.07) is 5.20. The van der Waals surface area contributed by atoms with E-state index in [-0.39, 0.29) is 23.2 Å². The minimum atomic E-state index is -1.17. The third kappa shape index (κ3) is 3.54. The molecule has 8 nitrogen and oxygen atoms in total. The van der Waals surface area contributed by atoms with Crippen LogP contribution in [0.4, 0.5) is 5.69 Å². The van der Waals surface area contributed by atoms with Crippen LogP contribution in [0.15, 0.2) is 24.3 Å². The number of carbonyl (C=O) groups is 3. The molecule has 32 heavy (non-hydrogen) atoms. The van der Waals surface area contributed by atoms with E-state index in [1.165, 1.54) is 4.90 Å². The number of nitrogens with zero attached hydrogens (tertiary/aromatic N) is 1. The summed E-state index contributed by atoms with van der Waals surface area (Å²) in [7, 11) is 0. The third-order valence-corrected chi connectivity index (χ3v) is 7.87. The van der Waals surface area contributed by atoms with Crippen LogP contribution in [0, 0.1) is 11.8 Å². The van der Waals surface area contributed by atoms with Gasteiger partial charge in [0, 0.05) is 11.4 Å². The molecule has 4 rings (SSSR count). The van der Waals surface area contributed by atoms with Crippen LogP contribution in [0.25, 0.3) is 0 Å². The molecule has 0 aliphatic carbocycles. The minimum Gasteiger partial charge on any atom is -0.394 e. The van der Waals surface area contributed by atoms with Gasteiger partial charge in [-0.2, -0.15) is 0 Å². The van der Waals surface area contributed by atoms with Crippen molar-refractivity contribution in [2.24, 2.45) is 11.8 Å². The van der Waals surface area contributed by atoms with Crippen molar-refractivity contribution in [2.45, 2.75) is 55.3 Å². The van der Waals surface area contributed by atoms with E-state index in [0.717, 1.165) is 6.42 Å². The Hall–Kier alpha value is -1.68. The van der Waals surface area contributed by atoms with E-state index in [2.05, 4.69) is 26.6 Å². The largest absolute Gasteiger partial charge is 0.394 e. The number of hydrogen-bond acceptors (Lipinski definition) is 5. The molecule has 7 atom stereocenters. The lowest BCUT2D eigenvalue weighted by Crippen LogP contribution is -2.56. The molecule has 1 aromatic carbocycles. The molecular weight excluding hydrogens is 502 g/mol. The Kier molecular flexibility index (Phi) is 6.55. The Morgan fingerprint density at radius 1 is 1.38 bits per heavy atom. The zero-order valence-corrected chi connectivity index (χ0v) is 20.2. The summed E-state index contributed by atoms with van der Waals surface area (Å²) >= 11 is 9.84. The second-order valence-corrected chi connectivity index (χ2v) is 10.3. The summed E-state index contributed by atoms with van der Waals surface area (Å²) < 4.78 is 6.36. The second kappa shape index (κ2) is 8.93. The van der Waals surface area contributed by atoms with Crippen molar-refractivity contribution in [1.29, 1.82) is 0 Å². The molecule has 174 valence electrons. The van der Waals surface area contributed by atoms with Gasteiger partial charge in [0.2, 0.25) is 17.7 Å². The van der Waals surface area contributed by atoms with Gasteiger partial charge in [0.1, 0.15) is 11.6 Å². The first-order valence-corrected chi connectivity index (χ1v) is 12.1. The molecule has 3 N–H and O–H groups in total. The zero-order chi connectivity index (χ0) is 23.2. The van der Waals surface area contributed by atoms with Crippen molar-refractivity contribution in [2.75, 3.05) is 18.5 Å². The number of halogens is 2. The quantitative estimate of drug-likeness (QED) is 0.469. The number of aliphatic hydroxyl groups excluding tert-OH is 1. The molecule has 0 saturated carbocycles. The highest BCUT2D eigenvalue weighted by Crippen LogP contribution is 2.60. The Bertz CT molecular complexity index is 933. The summed E-state index contributed by atoms with van der Waals surface area (Å²) in [5.74, 6) is -2.55. The van der Waals surface area contributed by atoms with E-state index < -0.39 is 41.5 Å². The van der Waals surface area contributed by atoms with E-state index in [0.29, 0.717) is 23.7 Å². The van der Waals surface area contributed by atoms with Gasteiger partial charge < -0.3 is 25.4 Å². The van der Waals surface area contributed by atoms with Gasteiger partial charge in [-0.3, -0.25) is 14.4 Å². The molecule has 3 fully saturated rings. The van der Waals surface area contributed by atoms with E-state index >= 15 is 0 Å². The molecule has 10 heteroatoms. The maximum Gasteiger partial charge on any atom is 0.250 e. The van der Waals surface area contributed by atoms with Crippen LogP contribution in [0.1, 0.15) is 26.7 Å². The zero-order valence-electron chi connectivity index (χ0n) is 17.9. The number of ether oxygens (including phenoxy) is 1. The number of fused-ring (bicyclic) bond motifs is 1. The number of alkyl halides is 1. The van der Waals surface area contributed by atoms with E-state index in [9.17, 15) is 19.5 Å². The van der Waals surface area contributed by atoms with Gasteiger partial charge in [0.15, 0.2) is 0 Å². The number of aliphatic hydroxyl groups is 1. The number of carbonyl (C=O) groups excluding carboxylic acids is 3. The van der Waals surface area contributed by atoms with Gasteiger partial charge in [-0.25, -0.2) is 0 Å². The lowest BCUT2D eigenvalue weighted by atomic mass is 9.70. The number of rotatable bonds is 7. The average molecular weight is 529 g/mol. The molecule has 0 aromatic heterocycles. The first-order chi connectivity index (χ1) is 15.3. The number of anilines is 1. The van der Waals surface area contributed by atoms with Gasteiger partial charge >= 0.3 is 0 Å². The first kappa shape index (κ1) is 23.5. The highest BCUT2D eigenvalue weighted by atomic mass is 79.9. The monoisotopic (exact) mass is 527 g/mol. The predicted molar refractivity (Wildman–Crippen MR) is 122 cm³/mol. The molecule has 0 radical (unpaired) electrons. The standard InChI is InChI=1S/C22H27BrClN3O5/c1-3-8-25-19(29)15-16-21(31)27(11(2)10-28)18(22(16)9-12(23)17(15)32-22)20(30)26-14-7-5-4-6-13(14)24/h4-7,11-12,15-18,28H,3,8-10H2,1-2H3,(H,25,29)(H,26,30)/t11-,12?,15-,16+,17-,18?,22?/m1/s1. The topological polar surface area (TPSA) is 108 Å². The van der Waals surface area contributed by atoms with Crippen LogP contribution in [0.3, 0.4) is 0 Å². The summed E-state index contributed by atoms with van der Waals surface area (Å²) in [5, 5.41) is 15.9. The molecule has 3 amide bonds. The fraction of sp³-hybridized carbons (Fsp3) is 0.591. The Morgan fingerprint density at radius 2 is 2.09 bits per heavy atom. The third-order valence-electron chi connectivity index (χ3n) is 6.70. The molecule has 1 spiro atoms. The lowest BCUT2D eigenvalue weighted by Gasteiger charge is -2.35. The Balaban J connectivity index is 1.73. The molecular formula is C22H27BrClN3O5. The number of nitrogens with one attached hydrogen (secondary N) is 2. The van der Waals surface area contributed by atoms with Crippen molar-refractivity contribution in [3.05, 3.63) is 29.3 Å². The van der Waals surface area contributed by atoms with Gasteiger partial charge in [-0.15, -0.1) is 0 Å². The molecule has 3 aliphatic heterocycles. The molecule has 3 heterocycles. The fourth-order valence-corrected chi connectivity index (χ4v) is 6.48. The lowest BCUT2D eigenvalue weighted by molar-refractivity contribution is -0.143. The number of hydrogen-bond donors (Lipinski definition) is 3. The Morgan fingerprint density at radius 3 is 2.75 bits per heavy atom. The maximum absolute atomic E-state index is 13.6. The highest BCUT2D eigenvalue weighted by molar-refractivity contribution is 9.09.